The van der Waals surface area contributed by atoms with Gasteiger partial charge in [0.2, 0.25) is 5.91 Å². The fraction of sp³-hybridized carbons (Fsp3) is 0.750. The number of nitrogens with zero attached hydrogens (tertiary/aromatic N) is 1. The molecule has 3 amide bonds. The van der Waals surface area contributed by atoms with Crippen molar-refractivity contribution in [3.05, 3.63) is 0 Å². The zero-order valence-electron chi connectivity index (χ0n) is 12.0. The zero-order chi connectivity index (χ0) is 16.2. The molecule has 2 atom stereocenters. The Morgan fingerprint density at radius 1 is 1.48 bits per heavy atom. The number of hydrogen-bond donors (Lipinski definition) is 4. The number of aliphatic carboxylic acids is 1. The van der Waals surface area contributed by atoms with Gasteiger partial charge in [0.1, 0.15) is 6.04 Å². The van der Waals surface area contributed by atoms with Gasteiger partial charge in [-0.3, -0.25) is 4.79 Å². The van der Waals surface area contributed by atoms with E-state index in [1.807, 2.05) is 0 Å². The molecule has 0 aromatic rings. The van der Waals surface area contributed by atoms with Gasteiger partial charge in [-0.1, -0.05) is 0 Å². The number of carboxylic acid groups (broad SMARTS) is 1. The highest BCUT2D eigenvalue weighted by molar-refractivity contribution is 5.87. The molecule has 5 N–H and O–H groups in total. The Labute approximate surface area is 122 Å². The molecule has 1 fully saturated rings. The van der Waals surface area contributed by atoms with E-state index < -0.39 is 42.1 Å². The number of urea groups is 1. The number of hydrogen-bond acceptors (Lipinski definition) is 5. The minimum absolute atomic E-state index is 0.134. The van der Waals surface area contributed by atoms with Gasteiger partial charge in [0.15, 0.2) is 0 Å². The summed E-state index contributed by atoms with van der Waals surface area (Å²) in [6.45, 7) is 3.63. The first-order chi connectivity index (χ1) is 9.64. The van der Waals surface area contributed by atoms with Crippen LogP contribution in [-0.4, -0.2) is 70.5 Å². The molecule has 1 unspecified atom stereocenters. The van der Waals surface area contributed by atoms with Crippen molar-refractivity contribution in [1.82, 2.24) is 10.2 Å². The molecule has 1 aliphatic heterocycles. The number of primary amides is 1. The lowest BCUT2D eigenvalue weighted by molar-refractivity contribution is -0.142. The maximum absolute atomic E-state index is 12.1. The number of carbonyl (C=O) groups is 3. The van der Waals surface area contributed by atoms with Crippen molar-refractivity contribution in [2.75, 3.05) is 19.7 Å². The number of nitrogens with two attached hydrogens (primary N) is 1. The predicted octanol–water partition coefficient (Wildman–Crippen LogP) is -1.50. The highest BCUT2D eigenvalue weighted by Crippen LogP contribution is 2.20. The largest absolute Gasteiger partial charge is 0.480 e. The SMILES string of the molecule is CC1(C)CN(C(=O)N[C@@H](CC(N)=O)C(=O)O)CC(CO)O1. The molecule has 0 aromatic heterocycles. The summed E-state index contributed by atoms with van der Waals surface area (Å²) >= 11 is 0. The molecule has 1 heterocycles. The minimum atomic E-state index is -1.38. The number of carboxylic acids is 1. The summed E-state index contributed by atoms with van der Waals surface area (Å²) in [5.41, 5.74) is 4.29. The van der Waals surface area contributed by atoms with Crippen molar-refractivity contribution >= 4 is 17.9 Å². The number of morpholine rings is 1. The van der Waals surface area contributed by atoms with E-state index in [9.17, 15) is 19.5 Å². The predicted molar refractivity (Wildman–Crippen MR) is 71.4 cm³/mol. The molecule has 9 heteroatoms. The molecule has 9 nitrogen and oxygen atoms in total. The number of amides is 3. The van der Waals surface area contributed by atoms with E-state index in [-0.39, 0.29) is 19.7 Å². The van der Waals surface area contributed by atoms with E-state index in [4.69, 9.17) is 15.6 Å². The molecule has 1 saturated heterocycles. The molecular formula is C12H21N3O6. The maximum atomic E-state index is 12.1. The van der Waals surface area contributed by atoms with E-state index in [0.29, 0.717) is 0 Å². The van der Waals surface area contributed by atoms with E-state index in [0.717, 1.165) is 0 Å². The van der Waals surface area contributed by atoms with Crippen molar-refractivity contribution in [2.24, 2.45) is 5.73 Å². The molecule has 0 aromatic carbocycles. The maximum Gasteiger partial charge on any atom is 0.326 e. The van der Waals surface area contributed by atoms with Crippen LogP contribution < -0.4 is 11.1 Å². The van der Waals surface area contributed by atoms with Crippen molar-refractivity contribution in [3.8, 4) is 0 Å². The average Bonchev–Trinajstić information content (AvgIpc) is 2.35. The van der Waals surface area contributed by atoms with Gasteiger partial charge in [-0.2, -0.15) is 0 Å². The summed E-state index contributed by atoms with van der Waals surface area (Å²) in [6, 6.07) is -2.02. The molecule has 0 radical (unpaired) electrons. The van der Waals surface area contributed by atoms with Crippen LogP contribution in [0.3, 0.4) is 0 Å². The molecule has 0 spiro atoms. The average molecular weight is 303 g/mol. The van der Waals surface area contributed by atoms with Crippen molar-refractivity contribution < 1.29 is 29.3 Å². The third kappa shape index (κ3) is 5.20. The van der Waals surface area contributed by atoms with Crippen molar-refractivity contribution in [1.29, 1.82) is 0 Å². The molecule has 120 valence electrons. The molecule has 0 saturated carbocycles. The van der Waals surface area contributed by atoms with Crippen LogP contribution >= 0.6 is 0 Å². The molecule has 0 aliphatic carbocycles. The van der Waals surface area contributed by atoms with Gasteiger partial charge in [0.05, 0.1) is 37.8 Å². The second kappa shape index (κ2) is 6.72. The van der Waals surface area contributed by atoms with Gasteiger partial charge in [0, 0.05) is 0 Å². The first-order valence-corrected chi connectivity index (χ1v) is 6.50. The van der Waals surface area contributed by atoms with Gasteiger partial charge in [-0.15, -0.1) is 0 Å². The van der Waals surface area contributed by atoms with Crippen LogP contribution in [0.5, 0.6) is 0 Å². The lowest BCUT2D eigenvalue weighted by Crippen LogP contribution is -2.59. The second-order valence-electron chi connectivity index (χ2n) is 5.57. The van der Waals surface area contributed by atoms with E-state index in [1.54, 1.807) is 13.8 Å². The van der Waals surface area contributed by atoms with Crippen LogP contribution in [0.1, 0.15) is 20.3 Å². The Bertz CT molecular complexity index is 425. The number of nitrogens with one attached hydrogen (secondary N) is 1. The highest BCUT2D eigenvalue weighted by atomic mass is 16.5. The van der Waals surface area contributed by atoms with E-state index in [2.05, 4.69) is 5.32 Å². The van der Waals surface area contributed by atoms with Crippen molar-refractivity contribution in [2.45, 2.75) is 38.0 Å². The molecule has 0 bridgehead atoms. The zero-order valence-corrected chi connectivity index (χ0v) is 12.0. The van der Waals surface area contributed by atoms with E-state index >= 15 is 0 Å². The van der Waals surface area contributed by atoms with Crippen LogP contribution in [0.2, 0.25) is 0 Å². The molecule has 1 aliphatic rings. The smallest absolute Gasteiger partial charge is 0.326 e. The molecular weight excluding hydrogens is 282 g/mol. The quantitative estimate of drug-likeness (QED) is 0.486. The monoisotopic (exact) mass is 303 g/mol. The first kappa shape index (κ1) is 17.2. The standard InChI is InChI=1S/C12H21N3O6/c1-12(2)6-15(4-7(5-16)21-12)11(20)14-8(10(18)19)3-9(13)17/h7-8,16H,3-6H2,1-2H3,(H2,13,17)(H,14,20)(H,18,19)/t7?,8-/m0/s1. The number of carbonyl (C=O) groups excluding carboxylic acids is 2. The number of aliphatic hydroxyl groups is 1. The Morgan fingerprint density at radius 2 is 2.10 bits per heavy atom. The summed E-state index contributed by atoms with van der Waals surface area (Å²) in [6.07, 6.45) is -1.03. The number of aliphatic hydroxyl groups excluding tert-OH is 1. The summed E-state index contributed by atoms with van der Waals surface area (Å²) in [4.78, 5) is 35.3. The summed E-state index contributed by atoms with van der Waals surface area (Å²) in [7, 11) is 0. The second-order valence-corrected chi connectivity index (χ2v) is 5.57. The lowest BCUT2D eigenvalue weighted by Gasteiger charge is -2.42. The van der Waals surface area contributed by atoms with Gasteiger partial charge in [-0.25, -0.2) is 9.59 Å². The third-order valence-corrected chi connectivity index (χ3v) is 2.97. The Morgan fingerprint density at radius 3 is 2.57 bits per heavy atom. The topological polar surface area (TPSA) is 142 Å². The minimum Gasteiger partial charge on any atom is -0.480 e. The first-order valence-electron chi connectivity index (χ1n) is 6.50. The summed E-state index contributed by atoms with van der Waals surface area (Å²) in [5.74, 6) is -2.16. The summed E-state index contributed by atoms with van der Waals surface area (Å²) < 4.78 is 5.56. The van der Waals surface area contributed by atoms with Gasteiger partial charge >= 0.3 is 12.0 Å². The number of ether oxygens (including phenoxy) is 1. The Balaban J connectivity index is 2.72. The molecule has 21 heavy (non-hydrogen) atoms. The van der Waals surface area contributed by atoms with Crippen LogP contribution in [0.25, 0.3) is 0 Å². The van der Waals surface area contributed by atoms with Crippen LogP contribution in [0.15, 0.2) is 0 Å². The van der Waals surface area contributed by atoms with Crippen LogP contribution in [0, 0.1) is 0 Å². The van der Waals surface area contributed by atoms with E-state index in [1.165, 1.54) is 4.90 Å². The Kier molecular flexibility index (Phi) is 5.50. The highest BCUT2D eigenvalue weighted by Gasteiger charge is 2.36. The fourth-order valence-electron chi connectivity index (χ4n) is 2.19. The lowest BCUT2D eigenvalue weighted by atomic mass is 10.1. The fourth-order valence-corrected chi connectivity index (χ4v) is 2.19. The van der Waals surface area contributed by atoms with Gasteiger partial charge in [-0.05, 0) is 13.8 Å². The van der Waals surface area contributed by atoms with Crippen LogP contribution in [-0.2, 0) is 14.3 Å². The summed E-state index contributed by atoms with van der Waals surface area (Å²) in [5, 5.41) is 20.4. The Hall–Kier alpha value is -1.87. The molecule has 1 rings (SSSR count). The van der Waals surface area contributed by atoms with Crippen molar-refractivity contribution in [3.63, 3.8) is 0 Å². The van der Waals surface area contributed by atoms with Gasteiger partial charge in [0.25, 0.3) is 0 Å². The number of rotatable bonds is 5. The van der Waals surface area contributed by atoms with Gasteiger partial charge < -0.3 is 30.9 Å². The third-order valence-electron chi connectivity index (χ3n) is 2.97. The normalized spacial score (nSPS) is 22.4. The van der Waals surface area contributed by atoms with Crippen LogP contribution in [0.4, 0.5) is 4.79 Å².